The van der Waals surface area contributed by atoms with E-state index in [1.807, 2.05) is 13.0 Å². The third-order valence-corrected chi connectivity index (χ3v) is 1.46. The van der Waals surface area contributed by atoms with Gasteiger partial charge in [-0.05, 0) is 13.0 Å². The van der Waals surface area contributed by atoms with Crippen molar-refractivity contribution in [3.63, 3.8) is 0 Å². The second-order valence-corrected chi connectivity index (χ2v) is 2.47. The summed E-state index contributed by atoms with van der Waals surface area (Å²) in [7, 11) is 0. The first-order valence-corrected chi connectivity index (χ1v) is 3.42. The fraction of sp³-hybridized carbons (Fsp3) is 0.286. The molecule has 0 aliphatic rings. The van der Waals surface area contributed by atoms with E-state index < -0.39 is 0 Å². The fourth-order valence-corrected chi connectivity index (χ4v) is 1.03. The van der Waals surface area contributed by atoms with E-state index in [4.69, 9.17) is 11.6 Å². The van der Waals surface area contributed by atoms with Gasteiger partial charge in [-0.3, -0.25) is 0 Å². The molecule has 0 aromatic carbocycles. The van der Waals surface area contributed by atoms with Gasteiger partial charge in [0.05, 0.1) is 12.2 Å². The van der Waals surface area contributed by atoms with Crippen LogP contribution < -0.4 is 0 Å². The molecule has 1 heterocycles. The third-order valence-electron chi connectivity index (χ3n) is 1.16. The minimum absolute atomic E-state index is 0.664. The molecule has 0 saturated carbocycles. The van der Waals surface area contributed by atoms with Crippen molar-refractivity contribution in [3.05, 3.63) is 29.6 Å². The summed E-state index contributed by atoms with van der Waals surface area (Å²) in [5.74, 6) is 0. The van der Waals surface area contributed by atoms with Crippen molar-refractivity contribution in [1.82, 2.24) is 9.78 Å². The highest BCUT2D eigenvalue weighted by molar-refractivity contribution is 6.29. The van der Waals surface area contributed by atoms with Gasteiger partial charge >= 0.3 is 0 Å². The molecule has 0 radical (unpaired) electrons. The van der Waals surface area contributed by atoms with E-state index in [1.54, 1.807) is 10.8 Å². The van der Waals surface area contributed by atoms with Crippen LogP contribution in [0, 0.1) is 6.92 Å². The molecule has 0 aliphatic heterocycles. The molecule has 0 bridgehead atoms. The summed E-state index contributed by atoms with van der Waals surface area (Å²) in [5, 5.41) is 4.78. The zero-order chi connectivity index (χ0) is 7.56. The topological polar surface area (TPSA) is 17.8 Å². The molecule has 1 rings (SSSR count). The van der Waals surface area contributed by atoms with E-state index in [2.05, 4.69) is 11.7 Å². The van der Waals surface area contributed by atoms with Gasteiger partial charge in [0.25, 0.3) is 0 Å². The monoisotopic (exact) mass is 156 g/mol. The molecule has 0 spiro atoms. The van der Waals surface area contributed by atoms with E-state index in [1.165, 1.54) is 0 Å². The molecule has 0 aliphatic carbocycles. The average molecular weight is 157 g/mol. The zero-order valence-corrected chi connectivity index (χ0v) is 6.60. The van der Waals surface area contributed by atoms with Crippen LogP contribution >= 0.6 is 11.6 Å². The van der Waals surface area contributed by atoms with Crippen molar-refractivity contribution in [1.29, 1.82) is 0 Å². The number of halogens is 1. The number of hydrogen-bond acceptors (Lipinski definition) is 1. The second-order valence-electron chi connectivity index (χ2n) is 2.08. The van der Waals surface area contributed by atoms with Crippen LogP contribution in [0.15, 0.2) is 18.7 Å². The molecule has 10 heavy (non-hydrogen) atoms. The number of rotatable bonds is 2. The van der Waals surface area contributed by atoms with Gasteiger partial charge in [0.2, 0.25) is 0 Å². The van der Waals surface area contributed by atoms with Crippen LogP contribution in [0.1, 0.15) is 5.69 Å². The minimum Gasteiger partial charge on any atom is -0.250 e. The number of nitrogens with zero attached hydrogens (tertiary/aromatic N) is 2. The maximum atomic E-state index is 5.78. The van der Waals surface area contributed by atoms with Gasteiger partial charge in [-0.2, -0.15) is 5.10 Å². The number of aryl methyl sites for hydroxylation is 1. The van der Waals surface area contributed by atoms with Crippen LogP contribution in [-0.2, 0) is 6.54 Å². The van der Waals surface area contributed by atoms with Crippen molar-refractivity contribution in [2.45, 2.75) is 13.5 Å². The zero-order valence-electron chi connectivity index (χ0n) is 5.84. The lowest BCUT2D eigenvalue weighted by Gasteiger charge is -1.94. The predicted molar refractivity (Wildman–Crippen MR) is 42.2 cm³/mol. The van der Waals surface area contributed by atoms with Crippen molar-refractivity contribution >= 4 is 11.6 Å². The van der Waals surface area contributed by atoms with E-state index in [0.29, 0.717) is 11.7 Å². The molecular weight excluding hydrogens is 148 g/mol. The Labute approximate surface area is 65.1 Å². The van der Waals surface area contributed by atoms with Gasteiger partial charge in [0.1, 0.15) is 5.15 Å². The molecular formula is C7H9ClN2. The molecule has 0 fully saturated rings. The summed E-state index contributed by atoms with van der Waals surface area (Å²) in [6, 6.07) is 1.82. The first-order valence-electron chi connectivity index (χ1n) is 3.05. The van der Waals surface area contributed by atoms with E-state index in [-0.39, 0.29) is 0 Å². The maximum Gasteiger partial charge on any atom is 0.127 e. The molecule has 0 atom stereocenters. The quantitative estimate of drug-likeness (QED) is 0.600. The van der Waals surface area contributed by atoms with Crippen molar-refractivity contribution in [3.8, 4) is 0 Å². The van der Waals surface area contributed by atoms with Crippen LogP contribution in [0.4, 0.5) is 0 Å². The normalized spacial score (nSPS) is 9.80. The summed E-state index contributed by atoms with van der Waals surface area (Å²) in [6.07, 6.45) is 1.76. The largest absolute Gasteiger partial charge is 0.250 e. The Morgan fingerprint density at radius 2 is 2.60 bits per heavy atom. The summed E-state index contributed by atoms with van der Waals surface area (Å²) in [4.78, 5) is 0. The summed E-state index contributed by atoms with van der Waals surface area (Å²) in [5.41, 5.74) is 0.937. The molecule has 1 aromatic heterocycles. The summed E-state index contributed by atoms with van der Waals surface area (Å²) < 4.78 is 1.70. The van der Waals surface area contributed by atoms with Crippen molar-refractivity contribution in [2.75, 3.05) is 0 Å². The lowest BCUT2D eigenvalue weighted by Crippen LogP contribution is -1.96. The van der Waals surface area contributed by atoms with Crippen LogP contribution in [0.2, 0.25) is 5.15 Å². The Kier molecular flexibility index (Phi) is 2.12. The smallest absolute Gasteiger partial charge is 0.127 e. The van der Waals surface area contributed by atoms with Gasteiger partial charge in [-0.25, -0.2) is 4.68 Å². The Morgan fingerprint density at radius 3 is 3.00 bits per heavy atom. The lowest BCUT2D eigenvalue weighted by atomic mass is 10.5. The van der Waals surface area contributed by atoms with Gasteiger partial charge in [-0.1, -0.05) is 17.7 Å². The van der Waals surface area contributed by atoms with Crippen LogP contribution in [0.3, 0.4) is 0 Å². The number of allylic oxidation sites excluding steroid dienone is 1. The number of aromatic nitrogens is 2. The highest BCUT2D eigenvalue weighted by Crippen LogP contribution is 2.09. The second kappa shape index (κ2) is 2.88. The molecule has 1 aromatic rings. The van der Waals surface area contributed by atoms with Crippen molar-refractivity contribution in [2.24, 2.45) is 0 Å². The Morgan fingerprint density at radius 1 is 1.90 bits per heavy atom. The molecule has 3 heteroatoms. The maximum absolute atomic E-state index is 5.78. The summed E-state index contributed by atoms with van der Waals surface area (Å²) in [6.45, 7) is 6.17. The molecule has 0 N–H and O–H groups in total. The summed E-state index contributed by atoms with van der Waals surface area (Å²) >= 11 is 5.78. The molecule has 0 unspecified atom stereocenters. The lowest BCUT2D eigenvalue weighted by molar-refractivity contribution is 0.695. The Hall–Kier alpha value is -0.760. The predicted octanol–water partition coefficient (Wildman–Crippen LogP) is 2.03. The van der Waals surface area contributed by atoms with Crippen LogP contribution in [0.25, 0.3) is 0 Å². The molecule has 0 amide bonds. The average Bonchev–Trinajstić information content (AvgIpc) is 2.13. The van der Waals surface area contributed by atoms with E-state index in [9.17, 15) is 0 Å². The van der Waals surface area contributed by atoms with E-state index >= 15 is 0 Å². The van der Waals surface area contributed by atoms with Crippen molar-refractivity contribution < 1.29 is 0 Å². The molecule has 0 saturated heterocycles. The number of hydrogen-bond donors (Lipinski definition) is 0. The highest BCUT2D eigenvalue weighted by Gasteiger charge is 1.98. The Balaban J connectivity index is 2.91. The third kappa shape index (κ3) is 1.39. The SMILES string of the molecule is C=CCn1nc(C)cc1Cl. The highest BCUT2D eigenvalue weighted by atomic mass is 35.5. The Bertz CT molecular complexity index is 240. The standard InChI is InChI=1S/C7H9ClN2/c1-3-4-10-7(8)5-6(2)9-10/h3,5H,1,4H2,2H3. The van der Waals surface area contributed by atoms with Gasteiger partial charge in [0, 0.05) is 0 Å². The van der Waals surface area contributed by atoms with Gasteiger partial charge in [-0.15, -0.1) is 6.58 Å². The minimum atomic E-state index is 0.664. The first-order chi connectivity index (χ1) is 4.74. The molecule has 54 valence electrons. The van der Waals surface area contributed by atoms with E-state index in [0.717, 1.165) is 5.69 Å². The van der Waals surface area contributed by atoms with Crippen LogP contribution in [-0.4, -0.2) is 9.78 Å². The fourth-order valence-electron chi connectivity index (χ4n) is 0.764. The van der Waals surface area contributed by atoms with Gasteiger partial charge in [0.15, 0.2) is 0 Å². The van der Waals surface area contributed by atoms with Crippen LogP contribution in [0.5, 0.6) is 0 Å². The first kappa shape index (κ1) is 7.35. The molecule has 2 nitrogen and oxygen atoms in total. The van der Waals surface area contributed by atoms with Gasteiger partial charge < -0.3 is 0 Å².